The number of nitrogens with two attached hydrogens (primary N) is 1. The second-order valence-electron chi connectivity index (χ2n) is 3.56. The maximum atomic E-state index is 13.0. The SMILES string of the molecule is C=CCCC(=O)Nc1cc(F)ccc1S(N)(=O)=O. The second kappa shape index (κ2) is 5.74. The quantitative estimate of drug-likeness (QED) is 0.793. The van der Waals surface area contributed by atoms with E-state index < -0.39 is 21.7 Å². The molecule has 7 heteroatoms. The van der Waals surface area contributed by atoms with E-state index in [2.05, 4.69) is 11.9 Å². The first kappa shape index (κ1) is 14.3. The van der Waals surface area contributed by atoms with E-state index in [-0.39, 0.29) is 17.0 Å². The van der Waals surface area contributed by atoms with Gasteiger partial charge in [0.2, 0.25) is 15.9 Å². The number of amides is 1. The Morgan fingerprint density at radius 1 is 1.50 bits per heavy atom. The van der Waals surface area contributed by atoms with Crippen molar-refractivity contribution in [2.45, 2.75) is 17.7 Å². The van der Waals surface area contributed by atoms with Gasteiger partial charge in [0.25, 0.3) is 0 Å². The highest BCUT2D eigenvalue weighted by atomic mass is 32.2. The predicted molar refractivity (Wildman–Crippen MR) is 65.8 cm³/mol. The fraction of sp³-hybridized carbons (Fsp3) is 0.182. The number of halogens is 1. The lowest BCUT2D eigenvalue weighted by molar-refractivity contribution is -0.116. The molecule has 18 heavy (non-hydrogen) atoms. The number of allylic oxidation sites excluding steroid dienone is 1. The third-order valence-electron chi connectivity index (χ3n) is 2.10. The molecule has 3 N–H and O–H groups in total. The Morgan fingerprint density at radius 2 is 2.17 bits per heavy atom. The molecule has 5 nitrogen and oxygen atoms in total. The van der Waals surface area contributed by atoms with Crippen LogP contribution >= 0.6 is 0 Å². The molecule has 1 aromatic rings. The van der Waals surface area contributed by atoms with Gasteiger partial charge in [0, 0.05) is 6.42 Å². The van der Waals surface area contributed by atoms with Gasteiger partial charge in [-0.3, -0.25) is 4.79 Å². The Bertz CT molecular complexity index is 570. The average molecular weight is 272 g/mol. The molecule has 0 spiro atoms. The molecule has 0 aliphatic heterocycles. The number of rotatable bonds is 5. The molecule has 0 heterocycles. The van der Waals surface area contributed by atoms with Gasteiger partial charge in [-0.2, -0.15) is 0 Å². The minimum absolute atomic E-state index is 0.129. The van der Waals surface area contributed by atoms with Crippen molar-refractivity contribution in [3.63, 3.8) is 0 Å². The van der Waals surface area contributed by atoms with E-state index in [1.54, 1.807) is 6.08 Å². The van der Waals surface area contributed by atoms with Gasteiger partial charge in [0.05, 0.1) is 5.69 Å². The molecule has 1 rings (SSSR count). The summed E-state index contributed by atoms with van der Waals surface area (Å²) in [6, 6.07) is 2.87. The summed E-state index contributed by atoms with van der Waals surface area (Å²) in [7, 11) is -4.02. The minimum Gasteiger partial charge on any atom is -0.325 e. The van der Waals surface area contributed by atoms with Crippen LogP contribution < -0.4 is 10.5 Å². The van der Waals surface area contributed by atoms with Crippen molar-refractivity contribution >= 4 is 21.6 Å². The number of benzene rings is 1. The molecule has 0 atom stereocenters. The third kappa shape index (κ3) is 3.94. The zero-order valence-corrected chi connectivity index (χ0v) is 10.3. The maximum absolute atomic E-state index is 13.0. The number of nitrogens with one attached hydrogen (secondary N) is 1. The number of hydrogen-bond acceptors (Lipinski definition) is 3. The standard InChI is InChI=1S/C11H13FN2O3S/c1-2-3-4-11(15)14-9-7-8(12)5-6-10(9)18(13,16)17/h2,5-7H,1,3-4H2,(H,14,15)(H2,13,16,17). The molecular formula is C11H13FN2O3S. The Balaban J connectivity index is 3.03. The molecule has 0 saturated carbocycles. The number of primary sulfonamides is 1. The first-order chi connectivity index (χ1) is 8.34. The van der Waals surface area contributed by atoms with Gasteiger partial charge in [-0.1, -0.05) is 6.08 Å². The van der Waals surface area contributed by atoms with E-state index in [9.17, 15) is 17.6 Å². The number of hydrogen-bond donors (Lipinski definition) is 2. The van der Waals surface area contributed by atoms with Crippen LogP contribution in [0.3, 0.4) is 0 Å². The smallest absolute Gasteiger partial charge is 0.240 e. The molecule has 0 saturated heterocycles. The molecule has 1 aromatic carbocycles. The van der Waals surface area contributed by atoms with E-state index in [4.69, 9.17) is 5.14 Å². The summed E-state index contributed by atoms with van der Waals surface area (Å²) in [6.07, 6.45) is 2.11. The Morgan fingerprint density at radius 3 is 2.72 bits per heavy atom. The molecule has 0 unspecified atom stereocenters. The normalized spacial score (nSPS) is 11.0. The van der Waals surface area contributed by atoms with Crippen LogP contribution in [0.2, 0.25) is 0 Å². The number of anilines is 1. The van der Waals surface area contributed by atoms with Crippen LogP contribution in [0.25, 0.3) is 0 Å². The van der Waals surface area contributed by atoms with Crippen molar-refractivity contribution in [1.82, 2.24) is 0 Å². The van der Waals surface area contributed by atoms with Crippen molar-refractivity contribution in [3.05, 3.63) is 36.7 Å². The van der Waals surface area contributed by atoms with Gasteiger partial charge >= 0.3 is 0 Å². The second-order valence-corrected chi connectivity index (χ2v) is 5.09. The van der Waals surface area contributed by atoms with E-state index in [1.165, 1.54) is 0 Å². The lowest BCUT2D eigenvalue weighted by Crippen LogP contribution is -2.18. The van der Waals surface area contributed by atoms with Crippen molar-refractivity contribution < 1.29 is 17.6 Å². The monoisotopic (exact) mass is 272 g/mol. The Labute approximate surface area is 105 Å². The number of sulfonamides is 1. The van der Waals surface area contributed by atoms with E-state index in [0.717, 1.165) is 18.2 Å². The summed E-state index contributed by atoms with van der Waals surface area (Å²) in [5, 5.41) is 7.27. The maximum Gasteiger partial charge on any atom is 0.240 e. The summed E-state index contributed by atoms with van der Waals surface area (Å²) in [5.74, 6) is -1.10. The van der Waals surface area contributed by atoms with Gasteiger partial charge in [-0.25, -0.2) is 17.9 Å². The molecule has 0 aliphatic rings. The van der Waals surface area contributed by atoms with Gasteiger partial charge in [-0.05, 0) is 24.6 Å². The van der Waals surface area contributed by atoms with Crippen LogP contribution in [0.4, 0.5) is 10.1 Å². The van der Waals surface area contributed by atoms with Crippen LogP contribution in [-0.4, -0.2) is 14.3 Å². The summed E-state index contributed by atoms with van der Waals surface area (Å²) in [5.41, 5.74) is -0.161. The Hall–Kier alpha value is -1.73. The molecule has 0 bridgehead atoms. The lowest BCUT2D eigenvalue weighted by Gasteiger charge is -2.09. The van der Waals surface area contributed by atoms with Gasteiger partial charge in [-0.15, -0.1) is 6.58 Å². The number of carbonyl (C=O) groups excluding carboxylic acids is 1. The fourth-order valence-electron chi connectivity index (χ4n) is 1.29. The molecule has 0 aliphatic carbocycles. The highest BCUT2D eigenvalue weighted by Gasteiger charge is 2.16. The molecular weight excluding hydrogens is 259 g/mol. The van der Waals surface area contributed by atoms with Gasteiger partial charge < -0.3 is 5.32 Å². The zero-order chi connectivity index (χ0) is 13.8. The Kier molecular flexibility index (Phi) is 4.57. The first-order valence-electron chi connectivity index (χ1n) is 5.07. The van der Waals surface area contributed by atoms with E-state index in [0.29, 0.717) is 6.42 Å². The van der Waals surface area contributed by atoms with Gasteiger partial charge in [0.1, 0.15) is 10.7 Å². The molecule has 1 amide bonds. The highest BCUT2D eigenvalue weighted by molar-refractivity contribution is 7.89. The predicted octanol–water partition coefficient (Wildman–Crippen LogP) is 1.38. The van der Waals surface area contributed by atoms with Crippen molar-refractivity contribution in [3.8, 4) is 0 Å². The van der Waals surface area contributed by atoms with Crippen LogP contribution in [0.15, 0.2) is 35.7 Å². The van der Waals surface area contributed by atoms with E-state index >= 15 is 0 Å². The summed E-state index contributed by atoms with van der Waals surface area (Å²) < 4.78 is 35.5. The third-order valence-corrected chi connectivity index (χ3v) is 3.07. The van der Waals surface area contributed by atoms with Crippen LogP contribution in [0.1, 0.15) is 12.8 Å². The topological polar surface area (TPSA) is 89.3 Å². The minimum atomic E-state index is -4.02. The molecule has 0 radical (unpaired) electrons. The first-order valence-corrected chi connectivity index (χ1v) is 6.62. The molecule has 0 fully saturated rings. The summed E-state index contributed by atoms with van der Waals surface area (Å²) >= 11 is 0. The summed E-state index contributed by atoms with van der Waals surface area (Å²) in [4.78, 5) is 11.1. The van der Waals surface area contributed by atoms with Gasteiger partial charge in [0.15, 0.2) is 0 Å². The van der Waals surface area contributed by atoms with Crippen LogP contribution in [-0.2, 0) is 14.8 Å². The largest absolute Gasteiger partial charge is 0.325 e. The van der Waals surface area contributed by atoms with Crippen LogP contribution in [0.5, 0.6) is 0 Å². The fourth-order valence-corrected chi connectivity index (χ4v) is 1.97. The highest BCUT2D eigenvalue weighted by Crippen LogP contribution is 2.21. The van der Waals surface area contributed by atoms with Crippen molar-refractivity contribution in [2.24, 2.45) is 5.14 Å². The average Bonchev–Trinajstić information content (AvgIpc) is 2.24. The summed E-state index contributed by atoms with van der Waals surface area (Å²) in [6.45, 7) is 3.45. The molecule has 0 aromatic heterocycles. The van der Waals surface area contributed by atoms with E-state index in [1.807, 2.05) is 0 Å². The van der Waals surface area contributed by atoms with Crippen molar-refractivity contribution in [1.29, 1.82) is 0 Å². The van der Waals surface area contributed by atoms with Crippen LogP contribution in [0, 0.1) is 5.82 Å². The lowest BCUT2D eigenvalue weighted by atomic mass is 10.2. The number of carbonyl (C=O) groups is 1. The molecule has 98 valence electrons. The zero-order valence-electron chi connectivity index (χ0n) is 9.52. The van der Waals surface area contributed by atoms with Crippen molar-refractivity contribution in [2.75, 3.05) is 5.32 Å².